The van der Waals surface area contributed by atoms with E-state index in [0.29, 0.717) is 16.5 Å². The second-order valence-corrected chi connectivity index (χ2v) is 11.5. The van der Waals surface area contributed by atoms with Crippen molar-refractivity contribution in [2.45, 2.75) is 40.0 Å². The number of fused-ring (bicyclic) bond motifs is 2. The van der Waals surface area contributed by atoms with E-state index in [1.165, 1.54) is 4.88 Å². The summed E-state index contributed by atoms with van der Waals surface area (Å²) in [5, 5.41) is 5.59. The highest BCUT2D eigenvalue weighted by atomic mass is 35.5. The van der Waals surface area contributed by atoms with Crippen LogP contribution in [0.5, 0.6) is 0 Å². The van der Waals surface area contributed by atoms with E-state index >= 15 is 0 Å². The van der Waals surface area contributed by atoms with Crippen molar-refractivity contribution in [3.8, 4) is 0 Å². The molecule has 1 aliphatic carbocycles. The van der Waals surface area contributed by atoms with E-state index in [0.717, 1.165) is 52.0 Å². The number of benzene rings is 2. The minimum atomic E-state index is -0.111. The van der Waals surface area contributed by atoms with Crippen molar-refractivity contribution in [3.05, 3.63) is 81.3 Å². The third-order valence-corrected chi connectivity index (χ3v) is 8.16. The smallest absolute Gasteiger partial charge is 0.259 e. The largest absolute Gasteiger partial charge is 0.361 e. The molecule has 0 spiro atoms. The number of aromatic nitrogens is 1. The summed E-state index contributed by atoms with van der Waals surface area (Å²) in [6.45, 7) is 6.92. The first-order chi connectivity index (χ1) is 16.3. The Labute approximate surface area is 209 Å². The maximum Gasteiger partial charge on any atom is 0.259 e. The van der Waals surface area contributed by atoms with Gasteiger partial charge in [-0.2, -0.15) is 0 Å². The number of aliphatic imine (C=N–C) groups is 1. The second kappa shape index (κ2) is 9.05. The molecule has 0 unspecified atom stereocenters. The number of para-hydroxylation sites is 1. The van der Waals surface area contributed by atoms with Crippen molar-refractivity contribution < 1.29 is 4.79 Å². The van der Waals surface area contributed by atoms with Crippen LogP contribution in [-0.4, -0.2) is 17.1 Å². The third kappa shape index (κ3) is 4.55. The number of anilines is 1. The summed E-state index contributed by atoms with van der Waals surface area (Å²) in [4.78, 5) is 22.9. The van der Waals surface area contributed by atoms with Crippen molar-refractivity contribution in [2.24, 2.45) is 16.3 Å². The lowest BCUT2D eigenvalue weighted by Gasteiger charge is -2.33. The van der Waals surface area contributed by atoms with E-state index in [4.69, 9.17) is 16.6 Å². The third-order valence-electron chi connectivity index (χ3n) is 6.74. The van der Waals surface area contributed by atoms with E-state index in [-0.39, 0.29) is 11.3 Å². The van der Waals surface area contributed by atoms with Gasteiger partial charge in [0.1, 0.15) is 5.00 Å². The molecule has 174 valence electrons. The van der Waals surface area contributed by atoms with Crippen molar-refractivity contribution >= 4 is 56.7 Å². The maximum absolute atomic E-state index is 13.5. The van der Waals surface area contributed by atoms with Gasteiger partial charge in [0, 0.05) is 44.5 Å². The molecule has 0 saturated carbocycles. The average Bonchev–Trinajstić information content (AvgIpc) is 3.39. The van der Waals surface area contributed by atoms with Crippen molar-refractivity contribution in [1.29, 1.82) is 0 Å². The standard InChI is InChI=1S/C28H28ClN3OS/c1-28(2,3)18-8-13-22-24(14-18)34-27(25(22)26(33)32-20-11-9-19(29)10-12-20)31-16-17-15-30-23-7-5-4-6-21(17)23/h4-7,9-12,15-16,18,30H,8,13-14H2,1-3H3,(H,32,33)/t18-/m0/s1. The lowest BCUT2D eigenvalue weighted by Crippen LogP contribution is -2.27. The van der Waals surface area contributed by atoms with E-state index in [1.807, 2.05) is 42.7 Å². The van der Waals surface area contributed by atoms with Crippen molar-refractivity contribution in [2.75, 3.05) is 5.32 Å². The summed E-state index contributed by atoms with van der Waals surface area (Å²) in [6, 6.07) is 15.4. The Kier molecular flexibility index (Phi) is 6.09. The van der Waals surface area contributed by atoms with Crippen LogP contribution < -0.4 is 5.32 Å². The number of hydrogen-bond donors (Lipinski definition) is 2. The quantitative estimate of drug-likeness (QED) is 0.280. The van der Waals surface area contributed by atoms with Crippen LogP contribution in [0.2, 0.25) is 5.02 Å². The van der Waals surface area contributed by atoms with Gasteiger partial charge >= 0.3 is 0 Å². The molecule has 1 aliphatic rings. The van der Waals surface area contributed by atoms with E-state index in [9.17, 15) is 4.79 Å². The molecule has 34 heavy (non-hydrogen) atoms. The first-order valence-corrected chi connectivity index (χ1v) is 12.8. The van der Waals surface area contributed by atoms with Gasteiger partial charge in [-0.15, -0.1) is 11.3 Å². The fourth-order valence-electron chi connectivity index (χ4n) is 4.69. The molecule has 2 aromatic heterocycles. The van der Waals surface area contributed by atoms with Crippen LogP contribution in [0, 0.1) is 11.3 Å². The van der Waals surface area contributed by atoms with Crippen LogP contribution >= 0.6 is 22.9 Å². The molecule has 0 saturated heterocycles. The number of amides is 1. The average molecular weight is 490 g/mol. The molecule has 6 heteroatoms. The van der Waals surface area contributed by atoms with E-state index in [1.54, 1.807) is 23.5 Å². The van der Waals surface area contributed by atoms with Gasteiger partial charge < -0.3 is 10.3 Å². The summed E-state index contributed by atoms with van der Waals surface area (Å²) in [7, 11) is 0. The van der Waals surface area contributed by atoms with Crippen LogP contribution in [-0.2, 0) is 12.8 Å². The molecule has 5 rings (SSSR count). The van der Waals surface area contributed by atoms with Gasteiger partial charge in [0.25, 0.3) is 5.91 Å². The first-order valence-electron chi connectivity index (χ1n) is 11.6. The molecule has 0 aliphatic heterocycles. The number of H-pyrrole nitrogens is 1. The zero-order chi connectivity index (χ0) is 23.9. The maximum atomic E-state index is 13.5. The first kappa shape index (κ1) is 22.9. The normalized spacial score (nSPS) is 16.2. The Balaban J connectivity index is 1.52. The van der Waals surface area contributed by atoms with Crippen molar-refractivity contribution in [3.63, 3.8) is 0 Å². The summed E-state index contributed by atoms with van der Waals surface area (Å²) in [5.41, 5.74) is 4.91. The summed E-state index contributed by atoms with van der Waals surface area (Å²) >= 11 is 7.68. The minimum Gasteiger partial charge on any atom is -0.361 e. The molecule has 2 aromatic carbocycles. The fraction of sp³-hybridized carbons (Fsp3) is 0.286. The highest BCUT2D eigenvalue weighted by Crippen LogP contribution is 2.45. The van der Waals surface area contributed by atoms with Gasteiger partial charge in [0.05, 0.1) is 5.56 Å². The van der Waals surface area contributed by atoms with E-state index < -0.39 is 0 Å². The molecular formula is C28H28ClN3OS. The predicted octanol–water partition coefficient (Wildman–Crippen LogP) is 8.04. The molecule has 1 amide bonds. The number of nitrogens with one attached hydrogen (secondary N) is 2. The summed E-state index contributed by atoms with van der Waals surface area (Å²) in [6.07, 6.45) is 6.81. The van der Waals surface area contributed by atoms with Crippen LogP contribution in [0.1, 0.15) is 53.6 Å². The van der Waals surface area contributed by atoms with Crippen molar-refractivity contribution in [1.82, 2.24) is 4.98 Å². The Morgan fingerprint density at radius 3 is 2.71 bits per heavy atom. The number of carbonyl (C=O) groups is 1. The lowest BCUT2D eigenvalue weighted by atomic mass is 9.72. The van der Waals surface area contributed by atoms with Gasteiger partial charge in [-0.05, 0) is 66.5 Å². The molecule has 0 bridgehead atoms. The second-order valence-electron chi connectivity index (χ2n) is 10.00. The fourth-order valence-corrected chi connectivity index (χ4v) is 6.09. The Morgan fingerprint density at radius 2 is 1.94 bits per heavy atom. The number of hydrogen-bond acceptors (Lipinski definition) is 3. The molecule has 2 N–H and O–H groups in total. The zero-order valence-electron chi connectivity index (χ0n) is 19.6. The SMILES string of the molecule is CC(C)(C)[C@H]1CCc2c(sc(N=Cc3c[nH]c4ccccc34)c2C(=O)Nc2ccc(Cl)cc2)C1. The molecule has 4 nitrogen and oxygen atoms in total. The van der Waals surface area contributed by atoms with Crippen LogP contribution in [0.15, 0.2) is 59.7 Å². The highest BCUT2D eigenvalue weighted by Gasteiger charge is 2.33. The number of carbonyl (C=O) groups excluding carboxylic acids is 1. The van der Waals surface area contributed by atoms with Crippen LogP contribution in [0.4, 0.5) is 10.7 Å². The van der Waals surface area contributed by atoms with Crippen LogP contribution in [0.25, 0.3) is 10.9 Å². The number of halogens is 1. The monoisotopic (exact) mass is 489 g/mol. The predicted molar refractivity (Wildman–Crippen MR) is 144 cm³/mol. The topological polar surface area (TPSA) is 57.2 Å². The number of thiophene rings is 1. The van der Waals surface area contributed by atoms with Gasteiger partial charge in [0.2, 0.25) is 0 Å². The Bertz CT molecular complexity index is 1380. The minimum absolute atomic E-state index is 0.111. The van der Waals surface area contributed by atoms with E-state index in [2.05, 4.69) is 37.1 Å². The zero-order valence-corrected chi connectivity index (χ0v) is 21.2. The Morgan fingerprint density at radius 1 is 1.18 bits per heavy atom. The molecule has 2 heterocycles. The molecule has 4 aromatic rings. The summed E-state index contributed by atoms with van der Waals surface area (Å²) in [5.74, 6) is 0.483. The van der Waals surface area contributed by atoms with Gasteiger partial charge in [-0.1, -0.05) is 50.6 Å². The lowest BCUT2D eigenvalue weighted by molar-refractivity contribution is 0.102. The van der Waals surface area contributed by atoms with Crippen LogP contribution in [0.3, 0.4) is 0 Å². The number of nitrogens with zero attached hydrogens (tertiary/aromatic N) is 1. The highest BCUT2D eigenvalue weighted by molar-refractivity contribution is 7.16. The Hall–Kier alpha value is -2.89. The van der Waals surface area contributed by atoms with Gasteiger partial charge in [0.15, 0.2) is 0 Å². The molecule has 0 radical (unpaired) electrons. The number of aromatic amines is 1. The molecule has 1 atom stereocenters. The summed E-state index contributed by atoms with van der Waals surface area (Å²) < 4.78 is 0. The van der Waals surface area contributed by atoms with Gasteiger partial charge in [-0.25, -0.2) is 4.99 Å². The number of rotatable bonds is 4. The molecule has 0 fully saturated rings. The molecular weight excluding hydrogens is 462 g/mol. The van der Waals surface area contributed by atoms with Gasteiger partial charge in [-0.3, -0.25) is 4.79 Å².